The molecule has 2 rings (SSSR count). The summed E-state index contributed by atoms with van der Waals surface area (Å²) in [5.74, 6) is 0. The van der Waals surface area contributed by atoms with E-state index in [0.717, 1.165) is 15.8 Å². The highest BCUT2D eigenvalue weighted by Crippen LogP contribution is 2.08. The van der Waals surface area contributed by atoms with Gasteiger partial charge in [0.25, 0.3) is 0 Å². The summed E-state index contributed by atoms with van der Waals surface area (Å²) in [5, 5.41) is 4.41. The fraction of sp³-hybridized carbons (Fsp3) is 0.100. The van der Waals surface area contributed by atoms with Crippen molar-refractivity contribution < 1.29 is 0 Å². The molecule has 13 heavy (non-hydrogen) atoms. The van der Waals surface area contributed by atoms with Crippen molar-refractivity contribution in [1.29, 1.82) is 0 Å². The lowest BCUT2D eigenvalue weighted by Gasteiger charge is -1.98. The van der Waals surface area contributed by atoms with Gasteiger partial charge in [0, 0.05) is 10.6 Å². The Morgan fingerprint density at radius 2 is 1.92 bits per heavy atom. The second kappa shape index (κ2) is 3.91. The van der Waals surface area contributed by atoms with E-state index >= 15 is 0 Å². The highest BCUT2D eigenvalue weighted by atomic mass is 127. The minimum atomic E-state index is 0.956. The fourth-order valence-corrected chi connectivity index (χ4v) is 1.56. The van der Waals surface area contributed by atoms with Crippen LogP contribution in [-0.2, 0) is 4.43 Å². The van der Waals surface area contributed by atoms with E-state index in [4.69, 9.17) is 0 Å². The molecule has 0 bridgehead atoms. The number of hydrogen-bond donors (Lipinski definition) is 0. The Morgan fingerprint density at radius 3 is 2.54 bits per heavy atom. The van der Waals surface area contributed by atoms with Gasteiger partial charge in [-0.05, 0) is 18.2 Å². The molecule has 0 unspecified atom stereocenters. The first-order valence-corrected chi connectivity index (χ1v) is 5.58. The van der Waals surface area contributed by atoms with Crippen LogP contribution >= 0.6 is 22.6 Å². The van der Waals surface area contributed by atoms with Crippen molar-refractivity contribution in [3.05, 3.63) is 48.3 Å². The summed E-state index contributed by atoms with van der Waals surface area (Å²) in [7, 11) is 0. The van der Waals surface area contributed by atoms with Crippen LogP contribution in [0, 0.1) is 0 Å². The van der Waals surface area contributed by atoms with Gasteiger partial charge in [-0.25, -0.2) is 4.68 Å². The van der Waals surface area contributed by atoms with Gasteiger partial charge in [-0.15, -0.1) is 0 Å². The molecule has 66 valence electrons. The molecular weight excluding hydrogens is 275 g/mol. The summed E-state index contributed by atoms with van der Waals surface area (Å²) in [6.07, 6.45) is 1.99. The van der Waals surface area contributed by atoms with E-state index in [2.05, 4.69) is 27.7 Å². The zero-order valence-electron chi connectivity index (χ0n) is 7.02. The van der Waals surface area contributed by atoms with E-state index in [1.54, 1.807) is 0 Å². The SMILES string of the molecule is ICc1ccn(-c2ccccc2)n1. The molecule has 0 aliphatic heterocycles. The first-order chi connectivity index (χ1) is 6.40. The van der Waals surface area contributed by atoms with Crippen LogP contribution in [0.2, 0.25) is 0 Å². The Hall–Kier alpha value is -0.840. The van der Waals surface area contributed by atoms with Crippen LogP contribution in [0.1, 0.15) is 5.69 Å². The Balaban J connectivity index is 2.36. The van der Waals surface area contributed by atoms with Gasteiger partial charge in [0.2, 0.25) is 0 Å². The number of hydrogen-bond acceptors (Lipinski definition) is 1. The second-order valence-corrected chi connectivity index (χ2v) is 3.48. The average Bonchev–Trinajstić information content (AvgIpc) is 2.67. The molecule has 0 amide bonds. The van der Waals surface area contributed by atoms with E-state index < -0.39 is 0 Å². The van der Waals surface area contributed by atoms with Crippen molar-refractivity contribution in [3.8, 4) is 5.69 Å². The quantitative estimate of drug-likeness (QED) is 0.612. The zero-order chi connectivity index (χ0) is 9.10. The van der Waals surface area contributed by atoms with Gasteiger partial charge in [-0.2, -0.15) is 5.10 Å². The lowest BCUT2D eigenvalue weighted by molar-refractivity contribution is 0.861. The average molecular weight is 284 g/mol. The van der Waals surface area contributed by atoms with E-state index in [1.807, 2.05) is 47.3 Å². The molecule has 2 aromatic rings. The summed E-state index contributed by atoms with van der Waals surface area (Å²) in [5.41, 5.74) is 2.23. The van der Waals surface area contributed by atoms with Gasteiger partial charge in [-0.3, -0.25) is 0 Å². The predicted octanol–water partition coefficient (Wildman–Crippen LogP) is 2.81. The Bertz CT molecular complexity index is 381. The van der Waals surface area contributed by atoms with Gasteiger partial charge >= 0.3 is 0 Å². The van der Waals surface area contributed by atoms with E-state index in [0.29, 0.717) is 0 Å². The van der Waals surface area contributed by atoms with Gasteiger partial charge in [0.1, 0.15) is 0 Å². The number of benzene rings is 1. The topological polar surface area (TPSA) is 17.8 Å². The molecule has 1 heterocycles. The molecule has 0 saturated carbocycles. The minimum absolute atomic E-state index is 0.956. The molecule has 0 radical (unpaired) electrons. The molecule has 0 saturated heterocycles. The summed E-state index contributed by atoms with van der Waals surface area (Å²) < 4.78 is 2.85. The monoisotopic (exact) mass is 284 g/mol. The van der Waals surface area contributed by atoms with Gasteiger partial charge < -0.3 is 0 Å². The van der Waals surface area contributed by atoms with Crippen LogP contribution in [0.5, 0.6) is 0 Å². The number of halogens is 1. The zero-order valence-corrected chi connectivity index (χ0v) is 9.18. The van der Waals surface area contributed by atoms with Crippen molar-refractivity contribution in [3.63, 3.8) is 0 Å². The highest BCUT2D eigenvalue weighted by molar-refractivity contribution is 14.1. The van der Waals surface area contributed by atoms with Crippen LogP contribution in [-0.4, -0.2) is 9.78 Å². The van der Waals surface area contributed by atoms with Gasteiger partial charge in [0.15, 0.2) is 0 Å². The largest absolute Gasteiger partial charge is 0.241 e. The van der Waals surface area contributed by atoms with E-state index in [-0.39, 0.29) is 0 Å². The van der Waals surface area contributed by atoms with Crippen LogP contribution < -0.4 is 0 Å². The number of rotatable bonds is 2. The number of alkyl halides is 1. The molecule has 0 aliphatic carbocycles. The molecule has 0 N–H and O–H groups in total. The maximum absolute atomic E-state index is 4.41. The Kier molecular flexibility index (Phi) is 2.63. The number of nitrogens with zero attached hydrogens (tertiary/aromatic N) is 2. The smallest absolute Gasteiger partial charge is 0.0726 e. The molecule has 2 nitrogen and oxygen atoms in total. The maximum atomic E-state index is 4.41. The maximum Gasteiger partial charge on any atom is 0.0726 e. The lowest BCUT2D eigenvalue weighted by atomic mass is 10.3. The van der Waals surface area contributed by atoms with Crippen molar-refractivity contribution in [1.82, 2.24) is 9.78 Å². The van der Waals surface area contributed by atoms with Crippen molar-refractivity contribution in [2.45, 2.75) is 4.43 Å². The molecule has 1 aromatic heterocycles. The summed E-state index contributed by atoms with van der Waals surface area (Å²) in [6.45, 7) is 0. The first-order valence-electron chi connectivity index (χ1n) is 4.06. The minimum Gasteiger partial charge on any atom is -0.241 e. The molecule has 0 spiro atoms. The summed E-state index contributed by atoms with van der Waals surface area (Å²) >= 11 is 2.31. The molecule has 1 aromatic carbocycles. The van der Waals surface area contributed by atoms with Crippen LogP contribution in [0.25, 0.3) is 5.69 Å². The number of para-hydroxylation sites is 1. The molecular formula is C10H9IN2. The first kappa shape index (κ1) is 8.74. The van der Waals surface area contributed by atoms with Gasteiger partial charge in [0.05, 0.1) is 11.4 Å². The molecule has 0 atom stereocenters. The van der Waals surface area contributed by atoms with Crippen LogP contribution in [0.3, 0.4) is 0 Å². The number of aromatic nitrogens is 2. The third kappa shape index (κ3) is 1.91. The molecule has 0 fully saturated rings. The van der Waals surface area contributed by atoms with Crippen molar-refractivity contribution in [2.24, 2.45) is 0 Å². The van der Waals surface area contributed by atoms with E-state index in [1.165, 1.54) is 0 Å². The van der Waals surface area contributed by atoms with E-state index in [9.17, 15) is 0 Å². The highest BCUT2D eigenvalue weighted by Gasteiger charge is 1.97. The Labute approximate surface area is 90.7 Å². The van der Waals surface area contributed by atoms with Crippen LogP contribution in [0.15, 0.2) is 42.6 Å². The summed E-state index contributed by atoms with van der Waals surface area (Å²) in [6, 6.07) is 12.2. The lowest BCUT2D eigenvalue weighted by Crippen LogP contribution is -1.94. The van der Waals surface area contributed by atoms with Crippen LogP contribution in [0.4, 0.5) is 0 Å². The third-order valence-electron chi connectivity index (χ3n) is 1.80. The molecule has 3 heteroatoms. The summed E-state index contributed by atoms with van der Waals surface area (Å²) in [4.78, 5) is 0. The predicted molar refractivity (Wildman–Crippen MR) is 61.3 cm³/mol. The van der Waals surface area contributed by atoms with Gasteiger partial charge in [-0.1, -0.05) is 40.8 Å². The van der Waals surface area contributed by atoms with Crippen molar-refractivity contribution >= 4 is 22.6 Å². The Morgan fingerprint density at radius 1 is 1.15 bits per heavy atom. The fourth-order valence-electron chi connectivity index (χ4n) is 1.16. The normalized spacial score (nSPS) is 10.2. The van der Waals surface area contributed by atoms with Crippen molar-refractivity contribution in [2.75, 3.05) is 0 Å². The second-order valence-electron chi connectivity index (χ2n) is 2.72. The standard InChI is InChI=1S/C10H9IN2/c11-8-9-6-7-13(12-9)10-4-2-1-3-5-10/h1-7H,8H2. The third-order valence-corrected chi connectivity index (χ3v) is 2.58. The molecule has 0 aliphatic rings.